The van der Waals surface area contributed by atoms with Crippen LogP contribution in [-0.4, -0.2) is 89.9 Å². The molecule has 3 saturated heterocycles. The van der Waals surface area contributed by atoms with E-state index >= 15 is 0 Å². The average molecular weight is 837 g/mol. The summed E-state index contributed by atoms with van der Waals surface area (Å²) in [5.41, 5.74) is 1.68. The molecule has 1 saturated carbocycles. The molecule has 0 spiro atoms. The summed E-state index contributed by atoms with van der Waals surface area (Å²) in [6, 6.07) is 21.5. The molecular weight excluding hydrogens is 774 g/mol. The second kappa shape index (κ2) is 18.6. The average Bonchev–Trinajstić information content (AvgIpc) is 3.49. The number of nitrogens with zero attached hydrogens (tertiary/aromatic N) is 1. The largest absolute Gasteiger partial charge is 1.00 e. The number of benzene rings is 3. The Balaban J connectivity index is 0.00000532. The maximum atomic E-state index is 12.3. The van der Waals surface area contributed by atoms with Gasteiger partial charge in [0.1, 0.15) is 35.5 Å². The van der Waals surface area contributed by atoms with Crippen molar-refractivity contribution in [2.45, 2.75) is 101 Å². The van der Waals surface area contributed by atoms with Crippen LogP contribution in [0.2, 0.25) is 0 Å². The van der Waals surface area contributed by atoms with Crippen molar-refractivity contribution in [2.75, 3.05) is 57.9 Å². The molecule has 1 aliphatic carbocycles. The van der Waals surface area contributed by atoms with Gasteiger partial charge >= 0.3 is 0 Å². The molecule has 4 aliphatic heterocycles. The van der Waals surface area contributed by atoms with Gasteiger partial charge in [0, 0.05) is 48.9 Å². The summed E-state index contributed by atoms with van der Waals surface area (Å²) in [7, 11) is 0. The maximum absolute atomic E-state index is 12.3. The normalized spacial score (nSPS) is 24.1. The first-order valence-corrected chi connectivity index (χ1v) is 20.7. The molecule has 4 heterocycles. The zero-order valence-corrected chi connectivity index (χ0v) is 34.8. The smallest absolute Gasteiger partial charge is 0.262 e. The minimum absolute atomic E-state index is 0. The van der Waals surface area contributed by atoms with E-state index in [4.69, 9.17) is 14.2 Å². The van der Waals surface area contributed by atoms with Crippen LogP contribution in [0.4, 0.5) is 5.69 Å². The highest BCUT2D eigenvalue weighted by atomic mass is 79.9. The second-order valence-electron chi connectivity index (χ2n) is 17.4. The van der Waals surface area contributed by atoms with E-state index in [-0.39, 0.29) is 59.4 Å². The lowest BCUT2D eigenvalue weighted by molar-refractivity contribution is -0.946. The quantitative estimate of drug-likeness (QED) is 0.0842. The van der Waals surface area contributed by atoms with Crippen LogP contribution in [0.3, 0.4) is 0 Å². The number of anilines is 1. The fourth-order valence-electron chi connectivity index (χ4n) is 9.69. The van der Waals surface area contributed by atoms with Gasteiger partial charge in [-0.2, -0.15) is 0 Å². The van der Waals surface area contributed by atoms with Gasteiger partial charge in [-0.05, 0) is 68.4 Å². The Morgan fingerprint density at radius 1 is 0.982 bits per heavy atom. The van der Waals surface area contributed by atoms with Gasteiger partial charge < -0.3 is 61.6 Å². The van der Waals surface area contributed by atoms with E-state index in [0.717, 1.165) is 60.1 Å². The van der Waals surface area contributed by atoms with Crippen molar-refractivity contribution >= 4 is 11.6 Å². The molecule has 56 heavy (non-hydrogen) atoms. The fourth-order valence-corrected chi connectivity index (χ4v) is 9.69. The van der Waals surface area contributed by atoms with E-state index in [1.165, 1.54) is 63.7 Å². The number of rotatable bonds is 16. The van der Waals surface area contributed by atoms with Gasteiger partial charge in [0.25, 0.3) is 5.91 Å². The van der Waals surface area contributed by atoms with E-state index in [2.05, 4.69) is 48.7 Å². The van der Waals surface area contributed by atoms with Gasteiger partial charge in [-0.25, -0.2) is 0 Å². The van der Waals surface area contributed by atoms with Crippen molar-refractivity contribution in [2.24, 2.45) is 11.8 Å². The van der Waals surface area contributed by atoms with Crippen LogP contribution in [0, 0.1) is 11.8 Å². The van der Waals surface area contributed by atoms with Gasteiger partial charge in [0.05, 0.1) is 44.6 Å². The molecule has 10 nitrogen and oxygen atoms in total. The van der Waals surface area contributed by atoms with Crippen molar-refractivity contribution in [3.8, 4) is 17.2 Å². The molecule has 0 unspecified atom stereocenters. The Morgan fingerprint density at radius 2 is 1.70 bits per heavy atom. The van der Waals surface area contributed by atoms with Crippen molar-refractivity contribution in [1.82, 2.24) is 5.32 Å². The number of aromatic hydroxyl groups is 1. The molecule has 0 aromatic heterocycles. The van der Waals surface area contributed by atoms with Gasteiger partial charge in [0.15, 0.2) is 6.61 Å². The van der Waals surface area contributed by atoms with E-state index in [0.29, 0.717) is 36.1 Å². The van der Waals surface area contributed by atoms with E-state index in [9.17, 15) is 20.1 Å². The molecule has 2 bridgehead atoms. The van der Waals surface area contributed by atoms with E-state index in [1.807, 2.05) is 30.3 Å². The number of aliphatic hydroxyl groups excluding tert-OH is 1. The standard InChI is InChI=1S/C45H61N3O7.BrH/c1-44(2,46-28-40(50)38-25-36(49)26-39-43(38)54-30-42(51)47-39)27-32-15-17-37(18-16-32)53-24-10-21-48-22-19-33(20-23-48)41(29-48)55-31-45(52,35-13-8-5-9-14-35)34-11-6-3-4-7-12-34;/h5,8-9,13-18,25-26,33-34,40-41,46,50,52H,3-4,6-7,10-12,19-24,27-31H2,1-2H3,(H-,47,49,51);1H/t33?,40-,41-,45-,48?;/m0./s1. The van der Waals surface area contributed by atoms with Crippen LogP contribution in [0.15, 0.2) is 66.7 Å². The molecule has 1 amide bonds. The molecule has 3 aromatic carbocycles. The predicted octanol–water partition coefficient (Wildman–Crippen LogP) is 3.62. The summed E-state index contributed by atoms with van der Waals surface area (Å²) in [4.78, 5) is 11.7. The minimum atomic E-state index is -0.943. The third-order valence-corrected chi connectivity index (χ3v) is 12.8. The number of nitrogens with one attached hydrogen (secondary N) is 2. The lowest BCUT2D eigenvalue weighted by Gasteiger charge is -2.53. The van der Waals surface area contributed by atoms with Gasteiger partial charge in [-0.3, -0.25) is 4.79 Å². The van der Waals surface area contributed by atoms with Crippen LogP contribution in [0.1, 0.15) is 94.4 Å². The first-order chi connectivity index (χ1) is 26.5. The number of fused-ring (bicyclic) bond motifs is 4. The Kier molecular flexibility index (Phi) is 14.1. The summed E-state index contributed by atoms with van der Waals surface area (Å²) in [6.07, 6.45) is 10.4. The van der Waals surface area contributed by atoms with Crippen LogP contribution in [0.25, 0.3) is 0 Å². The summed E-state index contributed by atoms with van der Waals surface area (Å²) >= 11 is 0. The molecule has 11 heteroatoms. The molecule has 8 rings (SSSR count). The predicted molar refractivity (Wildman–Crippen MR) is 213 cm³/mol. The molecule has 3 aromatic rings. The minimum Gasteiger partial charge on any atom is -1.00 e. The highest BCUT2D eigenvalue weighted by Gasteiger charge is 2.48. The van der Waals surface area contributed by atoms with E-state index in [1.54, 1.807) is 0 Å². The monoisotopic (exact) mass is 835 g/mol. The Bertz CT molecular complexity index is 1730. The fraction of sp³-hybridized carbons (Fsp3) is 0.578. The van der Waals surface area contributed by atoms with Crippen LogP contribution in [-0.2, 0) is 21.6 Å². The van der Waals surface area contributed by atoms with Crippen molar-refractivity contribution in [1.29, 1.82) is 0 Å². The number of amides is 1. The zero-order valence-electron chi connectivity index (χ0n) is 33.2. The topological polar surface area (TPSA) is 130 Å². The summed E-state index contributed by atoms with van der Waals surface area (Å²) in [5.74, 6) is 1.72. The number of piperidine rings is 3. The molecule has 5 N–H and O–H groups in total. The molecule has 0 radical (unpaired) electrons. The number of quaternary nitrogens is 1. The van der Waals surface area contributed by atoms with Crippen molar-refractivity contribution < 1.29 is 55.8 Å². The molecule has 5 aliphatic rings. The number of halogens is 1. The van der Waals surface area contributed by atoms with Crippen LogP contribution in [0.5, 0.6) is 17.2 Å². The lowest BCUT2D eigenvalue weighted by Crippen LogP contribution is -3.00. The Morgan fingerprint density at radius 3 is 2.41 bits per heavy atom. The number of carbonyl (C=O) groups excluding carboxylic acids is 1. The summed E-state index contributed by atoms with van der Waals surface area (Å²) in [6.45, 7) is 9.85. The number of ether oxygens (including phenoxy) is 3. The van der Waals surface area contributed by atoms with Crippen molar-refractivity contribution in [3.05, 3.63) is 83.4 Å². The number of hydrogen-bond acceptors (Lipinski definition) is 8. The maximum Gasteiger partial charge on any atom is 0.262 e. The van der Waals surface area contributed by atoms with Gasteiger partial charge in [-0.1, -0.05) is 68.1 Å². The van der Waals surface area contributed by atoms with Crippen LogP contribution >= 0.6 is 0 Å². The molecule has 3 atom stereocenters. The van der Waals surface area contributed by atoms with E-state index < -0.39 is 11.7 Å². The Hall–Kier alpha value is -3.19. The first-order valence-electron chi connectivity index (χ1n) is 20.7. The highest BCUT2D eigenvalue weighted by molar-refractivity contribution is 5.96. The second-order valence-corrected chi connectivity index (χ2v) is 17.4. The lowest BCUT2D eigenvalue weighted by atomic mass is 9.77. The molecular formula is C45H62BrN3O7. The first kappa shape index (κ1) is 42.4. The molecule has 4 fully saturated rings. The zero-order chi connectivity index (χ0) is 38.5. The van der Waals surface area contributed by atoms with Crippen LogP contribution < -0.4 is 37.1 Å². The highest BCUT2D eigenvalue weighted by Crippen LogP contribution is 2.42. The number of carbonyl (C=O) groups is 1. The number of hydrogen-bond donors (Lipinski definition) is 5. The number of aliphatic hydroxyl groups is 2. The van der Waals surface area contributed by atoms with Gasteiger partial charge in [-0.15, -0.1) is 0 Å². The molecule has 306 valence electrons. The summed E-state index contributed by atoms with van der Waals surface area (Å²) < 4.78 is 19.7. The Labute approximate surface area is 343 Å². The SMILES string of the molecule is CC(C)(Cc1ccc(OCCC[N+]23CCC(CC2)[C@@H](OC[C@@](O)(c2ccccc2)C2CCCCCC2)C3)cc1)NC[C@H](O)c1cc(O)cc2c1OCC(=O)N2.[Br-]. The number of phenolic OH excluding ortho intramolecular Hbond substituents is 1. The number of β-amino-alcohol motifs (C(OH)–C–C–N with tert-alkyl or cyclic N) is 1. The third-order valence-electron chi connectivity index (χ3n) is 12.8. The summed E-state index contributed by atoms with van der Waals surface area (Å²) in [5, 5.41) is 39.6. The third kappa shape index (κ3) is 10.3. The number of phenols is 1. The van der Waals surface area contributed by atoms with Crippen molar-refractivity contribution in [3.63, 3.8) is 0 Å². The van der Waals surface area contributed by atoms with Gasteiger partial charge in [0.2, 0.25) is 0 Å².